The fourth-order valence-corrected chi connectivity index (χ4v) is 4.41. The smallest absolute Gasteiger partial charge is 0.293 e. The second-order valence-electron chi connectivity index (χ2n) is 8.24. The number of fused-ring (bicyclic) bond motifs is 1. The molecule has 1 unspecified atom stereocenters. The maximum Gasteiger partial charge on any atom is 0.293 e. The van der Waals surface area contributed by atoms with Crippen molar-refractivity contribution in [3.63, 3.8) is 0 Å². The molecule has 0 radical (unpaired) electrons. The first-order chi connectivity index (χ1) is 15.6. The number of hydrogen-bond donors (Lipinski definition) is 2. The van der Waals surface area contributed by atoms with Crippen LogP contribution in [0.25, 0.3) is 5.82 Å². The second kappa shape index (κ2) is 8.50. The SMILES string of the molecule is CC1CCCCN1Cc1c(C(=O)NN=C2CCc3ccccc32)nnn1-c1nonc1N. The molecule has 1 fully saturated rings. The first kappa shape index (κ1) is 20.3. The second-order valence-corrected chi connectivity index (χ2v) is 8.24. The molecule has 3 N–H and O–H groups in total. The van der Waals surface area contributed by atoms with E-state index in [0.717, 1.165) is 43.5 Å². The lowest BCUT2D eigenvalue weighted by atomic mass is 10.0. The number of aromatic nitrogens is 5. The molecule has 1 aromatic carbocycles. The Morgan fingerprint density at radius 3 is 2.97 bits per heavy atom. The number of hydrazone groups is 1. The van der Waals surface area contributed by atoms with Gasteiger partial charge in [0.15, 0.2) is 5.69 Å². The summed E-state index contributed by atoms with van der Waals surface area (Å²) in [5.41, 5.74) is 12.5. The molecule has 3 heterocycles. The minimum atomic E-state index is -0.428. The molecule has 1 amide bonds. The van der Waals surface area contributed by atoms with Crippen molar-refractivity contribution in [3.8, 4) is 5.82 Å². The molecule has 1 atom stereocenters. The van der Waals surface area contributed by atoms with Gasteiger partial charge in [-0.2, -0.15) is 9.78 Å². The molecule has 0 saturated carbocycles. The van der Waals surface area contributed by atoms with Gasteiger partial charge in [0.2, 0.25) is 11.6 Å². The number of rotatable bonds is 5. The summed E-state index contributed by atoms with van der Waals surface area (Å²) in [6, 6.07) is 8.47. The number of benzene rings is 1. The molecule has 11 heteroatoms. The van der Waals surface area contributed by atoms with E-state index in [4.69, 9.17) is 10.4 Å². The normalized spacial score (nSPS) is 19.9. The van der Waals surface area contributed by atoms with Crippen molar-refractivity contribution in [3.05, 3.63) is 46.8 Å². The zero-order valence-corrected chi connectivity index (χ0v) is 17.9. The number of nitrogens with two attached hydrogens (primary N) is 1. The topological polar surface area (TPSA) is 140 Å². The van der Waals surface area contributed by atoms with Crippen LogP contribution >= 0.6 is 0 Å². The van der Waals surface area contributed by atoms with E-state index in [1.807, 2.05) is 18.2 Å². The van der Waals surface area contributed by atoms with Crippen LogP contribution < -0.4 is 11.2 Å². The van der Waals surface area contributed by atoms with E-state index in [-0.39, 0.29) is 17.3 Å². The van der Waals surface area contributed by atoms with Crippen LogP contribution in [0.15, 0.2) is 34.0 Å². The zero-order chi connectivity index (χ0) is 22.1. The van der Waals surface area contributed by atoms with Gasteiger partial charge in [-0.1, -0.05) is 35.9 Å². The molecule has 0 bridgehead atoms. The highest BCUT2D eigenvalue weighted by molar-refractivity contribution is 6.05. The Morgan fingerprint density at radius 2 is 2.16 bits per heavy atom. The lowest BCUT2D eigenvalue weighted by Gasteiger charge is -2.33. The molecule has 1 aliphatic heterocycles. The molecule has 3 aromatic rings. The van der Waals surface area contributed by atoms with E-state index < -0.39 is 5.91 Å². The van der Waals surface area contributed by atoms with Crippen molar-refractivity contribution in [2.45, 2.75) is 51.6 Å². The quantitative estimate of drug-likeness (QED) is 0.577. The van der Waals surface area contributed by atoms with Crippen molar-refractivity contribution in [2.24, 2.45) is 5.10 Å². The molecular formula is C21H25N9O2. The summed E-state index contributed by atoms with van der Waals surface area (Å²) in [6.07, 6.45) is 5.10. The van der Waals surface area contributed by atoms with Gasteiger partial charge in [-0.3, -0.25) is 9.69 Å². The minimum Gasteiger partial charge on any atom is -0.378 e. The third kappa shape index (κ3) is 3.75. The molecule has 32 heavy (non-hydrogen) atoms. The van der Waals surface area contributed by atoms with Crippen LogP contribution in [0.2, 0.25) is 0 Å². The summed E-state index contributed by atoms with van der Waals surface area (Å²) in [7, 11) is 0. The largest absolute Gasteiger partial charge is 0.378 e. The lowest BCUT2D eigenvalue weighted by Crippen LogP contribution is -2.38. The van der Waals surface area contributed by atoms with Crippen LogP contribution in [0.1, 0.15) is 59.9 Å². The van der Waals surface area contributed by atoms with Gasteiger partial charge >= 0.3 is 0 Å². The minimum absolute atomic E-state index is 0.0811. The molecule has 1 aliphatic carbocycles. The predicted molar refractivity (Wildman–Crippen MR) is 116 cm³/mol. The van der Waals surface area contributed by atoms with Gasteiger partial charge in [0.1, 0.15) is 0 Å². The Balaban J connectivity index is 1.44. The molecule has 2 aliphatic rings. The van der Waals surface area contributed by atoms with Crippen LogP contribution in [0.5, 0.6) is 0 Å². The van der Waals surface area contributed by atoms with Crippen molar-refractivity contribution in [2.75, 3.05) is 12.3 Å². The molecule has 0 spiro atoms. The highest BCUT2D eigenvalue weighted by Crippen LogP contribution is 2.24. The first-order valence-corrected chi connectivity index (χ1v) is 10.8. The van der Waals surface area contributed by atoms with E-state index in [0.29, 0.717) is 18.3 Å². The van der Waals surface area contributed by atoms with Crippen molar-refractivity contribution < 1.29 is 9.42 Å². The Labute approximate surface area is 184 Å². The monoisotopic (exact) mass is 435 g/mol. The van der Waals surface area contributed by atoms with Crippen LogP contribution in [0, 0.1) is 0 Å². The maximum absolute atomic E-state index is 13.1. The third-order valence-corrected chi connectivity index (χ3v) is 6.22. The summed E-state index contributed by atoms with van der Waals surface area (Å²) in [6.45, 7) is 3.59. The number of nitrogens with one attached hydrogen (secondary N) is 1. The number of anilines is 1. The summed E-state index contributed by atoms with van der Waals surface area (Å²) in [4.78, 5) is 15.4. The van der Waals surface area contributed by atoms with E-state index in [9.17, 15) is 4.79 Å². The molecule has 5 rings (SSSR count). The Kier molecular flexibility index (Phi) is 5.39. The van der Waals surface area contributed by atoms with Crippen molar-refractivity contribution in [1.29, 1.82) is 0 Å². The highest BCUT2D eigenvalue weighted by Gasteiger charge is 2.28. The molecule has 1 saturated heterocycles. The van der Waals surface area contributed by atoms with Gasteiger partial charge in [0, 0.05) is 18.2 Å². The average molecular weight is 435 g/mol. The molecule has 166 valence electrons. The predicted octanol–water partition coefficient (Wildman–Crippen LogP) is 1.69. The highest BCUT2D eigenvalue weighted by atomic mass is 16.6. The summed E-state index contributed by atoms with van der Waals surface area (Å²) >= 11 is 0. The Hall–Kier alpha value is -3.60. The summed E-state index contributed by atoms with van der Waals surface area (Å²) in [5.74, 6) is -0.132. The third-order valence-electron chi connectivity index (χ3n) is 6.22. The molecule has 2 aromatic heterocycles. The zero-order valence-electron chi connectivity index (χ0n) is 17.9. The van der Waals surface area contributed by atoms with Crippen molar-refractivity contribution in [1.82, 2.24) is 35.6 Å². The van der Waals surface area contributed by atoms with Gasteiger partial charge in [-0.25, -0.2) is 10.1 Å². The van der Waals surface area contributed by atoms with Gasteiger partial charge in [-0.05, 0) is 55.0 Å². The standard InChI is InChI=1S/C21H25N9O2/c1-13-6-4-5-11-29(13)12-17-18(24-28-30(17)20-19(22)26-32-27-20)21(31)25-23-16-10-9-14-7-2-3-8-15(14)16/h2-3,7-8,13H,4-6,9-12H2,1H3,(H2,22,26)(H,25,31). The fourth-order valence-electron chi connectivity index (χ4n) is 4.41. The lowest BCUT2D eigenvalue weighted by molar-refractivity contribution is 0.0944. The van der Waals surface area contributed by atoms with Gasteiger partial charge in [0.25, 0.3) is 5.91 Å². The van der Waals surface area contributed by atoms with Crippen LogP contribution in [0.3, 0.4) is 0 Å². The Morgan fingerprint density at radius 1 is 1.28 bits per heavy atom. The Bertz CT molecular complexity index is 1170. The van der Waals surface area contributed by atoms with E-state index in [2.05, 4.69) is 49.0 Å². The number of hydrogen-bond acceptors (Lipinski definition) is 9. The number of likely N-dealkylation sites (tertiary alicyclic amines) is 1. The number of nitrogens with zero attached hydrogens (tertiary/aromatic N) is 7. The number of carbonyl (C=O) groups is 1. The average Bonchev–Trinajstić information content (AvgIpc) is 3.52. The van der Waals surface area contributed by atoms with Crippen LogP contribution in [0.4, 0.5) is 5.82 Å². The van der Waals surface area contributed by atoms with E-state index in [1.54, 1.807) is 0 Å². The van der Waals surface area contributed by atoms with Crippen molar-refractivity contribution >= 4 is 17.4 Å². The first-order valence-electron chi connectivity index (χ1n) is 10.8. The van der Waals surface area contributed by atoms with Gasteiger partial charge < -0.3 is 5.73 Å². The maximum atomic E-state index is 13.1. The van der Waals surface area contributed by atoms with E-state index in [1.165, 1.54) is 16.7 Å². The fraction of sp³-hybridized carbons (Fsp3) is 0.429. The summed E-state index contributed by atoms with van der Waals surface area (Å²) < 4.78 is 6.16. The number of carbonyl (C=O) groups excluding carboxylic acids is 1. The molecule has 11 nitrogen and oxygen atoms in total. The van der Waals surface area contributed by atoms with Crippen LogP contribution in [-0.4, -0.2) is 54.4 Å². The number of aryl methyl sites for hydroxylation is 1. The van der Waals surface area contributed by atoms with Gasteiger partial charge in [-0.15, -0.1) is 5.10 Å². The van der Waals surface area contributed by atoms with Crippen LogP contribution in [-0.2, 0) is 13.0 Å². The molecular weight excluding hydrogens is 410 g/mol. The number of nitrogen functional groups attached to an aromatic ring is 1. The van der Waals surface area contributed by atoms with Gasteiger partial charge in [0.05, 0.1) is 11.4 Å². The summed E-state index contributed by atoms with van der Waals surface area (Å²) in [5, 5.41) is 20.1. The number of piperidine rings is 1. The number of amides is 1. The van der Waals surface area contributed by atoms with E-state index >= 15 is 0 Å².